The maximum Gasteiger partial charge on any atom is 0.427 e. The van der Waals surface area contributed by atoms with Crippen LogP contribution in [0, 0.1) is 0 Å². The summed E-state index contributed by atoms with van der Waals surface area (Å²) < 4.78 is 10.2. The number of hydrogen-bond donors (Lipinski definition) is 1. The van der Waals surface area contributed by atoms with Gasteiger partial charge in [-0.2, -0.15) is 0 Å². The van der Waals surface area contributed by atoms with E-state index in [1.807, 2.05) is 19.0 Å². The van der Waals surface area contributed by atoms with Gasteiger partial charge in [0, 0.05) is 12.1 Å². The van der Waals surface area contributed by atoms with Crippen LogP contribution in [0.15, 0.2) is 48.2 Å². The van der Waals surface area contributed by atoms with E-state index in [0.717, 1.165) is 4.90 Å². The molecule has 28 heavy (non-hydrogen) atoms. The molecular formula is C20H21ClN2O5. The molecule has 0 bridgehead atoms. The van der Waals surface area contributed by atoms with Crippen molar-refractivity contribution in [1.29, 1.82) is 0 Å². The number of rotatable bonds is 5. The van der Waals surface area contributed by atoms with Crippen molar-refractivity contribution < 1.29 is 24.2 Å². The third-order valence-corrected chi connectivity index (χ3v) is 4.01. The van der Waals surface area contributed by atoms with Crippen LogP contribution < -0.4 is 9.64 Å². The number of halogens is 1. The van der Waals surface area contributed by atoms with Gasteiger partial charge in [0.05, 0.1) is 12.8 Å². The fraction of sp³-hybridized carbons (Fsp3) is 0.200. The molecular weight excluding hydrogens is 384 g/mol. The number of phenols is 1. The molecule has 148 valence electrons. The van der Waals surface area contributed by atoms with Gasteiger partial charge in [-0.15, -0.1) is 12.4 Å². The Morgan fingerprint density at radius 3 is 2.43 bits per heavy atom. The fourth-order valence-corrected chi connectivity index (χ4v) is 2.74. The molecule has 2 amide bonds. The minimum atomic E-state index is -0.760. The Morgan fingerprint density at radius 2 is 1.82 bits per heavy atom. The van der Waals surface area contributed by atoms with E-state index in [4.69, 9.17) is 9.47 Å². The van der Waals surface area contributed by atoms with Crippen molar-refractivity contribution in [3.8, 4) is 11.5 Å². The molecule has 1 aliphatic heterocycles. The molecule has 0 spiro atoms. The molecule has 1 saturated heterocycles. The third kappa shape index (κ3) is 4.44. The smallest absolute Gasteiger partial charge is 0.427 e. The predicted molar refractivity (Wildman–Crippen MR) is 108 cm³/mol. The lowest BCUT2D eigenvalue weighted by Crippen LogP contribution is -2.28. The SMILES string of the molecule is COc1ccc(N2C(=O)OC(=Cc3ccc(O)c(CN(C)C)c3)C2=O)cc1.Cl. The second-order valence-corrected chi connectivity index (χ2v) is 6.34. The lowest BCUT2D eigenvalue weighted by Gasteiger charge is -2.12. The number of methoxy groups -OCH3 is 1. The Balaban J connectivity index is 0.00000280. The lowest BCUT2D eigenvalue weighted by atomic mass is 10.1. The van der Waals surface area contributed by atoms with Gasteiger partial charge in [-0.05, 0) is 62.1 Å². The highest BCUT2D eigenvalue weighted by Gasteiger charge is 2.37. The quantitative estimate of drug-likeness (QED) is 0.769. The van der Waals surface area contributed by atoms with E-state index in [-0.39, 0.29) is 23.9 Å². The Hall–Kier alpha value is -3.03. The summed E-state index contributed by atoms with van der Waals surface area (Å²) in [4.78, 5) is 27.7. The highest BCUT2D eigenvalue weighted by Crippen LogP contribution is 2.28. The number of carbonyl (C=O) groups excluding carboxylic acids is 2. The van der Waals surface area contributed by atoms with Crippen molar-refractivity contribution in [2.24, 2.45) is 0 Å². The van der Waals surface area contributed by atoms with E-state index in [9.17, 15) is 14.7 Å². The second kappa shape index (κ2) is 8.77. The summed E-state index contributed by atoms with van der Waals surface area (Å²) in [6.45, 7) is 0.536. The van der Waals surface area contributed by atoms with Gasteiger partial charge in [0.15, 0.2) is 5.76 Å². The molecule has 2 aromatic carbocycles. The number of imide groups is 1. The summed E-state index contributed by atoms with van der Waals surface area (Å²) in [6.07, 6.45) is 0.728. The van der Waals surface area contributed by atoms with Gasteiger partial charge in [0.25, 0.3) is 0 Å². The van der Waals surface area contributed by atoms with Gasteiger partial charge in [-0.25, -0.2) is 9.69 Å². The number of cyclic esters (lactones) is 1. The number of aromatic hydroxyl groups is 1. The van der Waals surface area contributed by atoms with Gasteiger partial charge in [0.1, 0.15) is 11.5 Å². The van der Waals surface area contributed by atoms with Crippen molar-refractivity contribution in [1.82, 2.24) is 4.90 Å². The number of carbonyl (C=O) groups is 2. The maximum absolute atomic E-state index is 12.6. The zero-order chi connectivity index (χ0) is 19.6. The molecule has 0 unspecified atom stereocenters. The number of benzene rings is 2. The van der Waals surface area contributed by atoms with Crippen LogP contribution in [0.4, 0.5) is 10.5 Å². The first-order valence-corrected chi connectivity index (χ1v) is 8.27. The highest BCUT2D eigenvalue weighted by molar-refractivity contribution is 6.24. The zero-order valence-corrected chi connectivity index (χ0v) is 16.5. The van der Waals surface area contributed by atoms with E-state index in [0.29, 0.717) is 29.1 Å². The van der Waals surface area contributed by atoms with E-state index in [1.165, 1.54) is 13.2 Å². The minimum Gasteiger partial charge on any atom is -0.508 e. The molecule has 0 aromatic heterocycles. The summed E-state index contributed by atoms with van der Waals surface area (Å²) in [5.41, 5.74) is 1.75. The zero-order valence-electron chi connectivity index (χ0n) is 15.7. The normalized spacial score (nSPS) is 15.0. The summed E-state index contributed by atoms with van der Waals surface area (Å²) in [6, 6.07) is 11.5. The molecule has 7 nitrogen and oxygen atoms in total. The molecule has 2 aromatic rings. The van der Waals surface area contributed by atoms with Crippen LogP contribution >= 0.6 is 12.4 Å². The predicted octanol–water partition coefficient (Wildman–Crippen LogP) is 3.41. The van der Waals surface area contributed by atoms with E-state index in [1.54, 1.807) is 42.5 Å². The average molecular weight is 405 g/mol. The summed E-state index contributed by atoms with van der Waals surface area (Å²) >= 11 is 0. The summed E-state index contributed by atoms with van der Waals surface area (Å²) in [5.74, 6) is 0.164. The molecule has 0 aliphatic carbocycles. The second-order valence-electron chi connectivity index (χ2n) is 6.34. The van der Waals surface area contributed by atoms with Crippen LogP contribution in [0.2, 0.25) is 0 Å². The number of amides is 2. The Labute approximate surface area is 169 Å². The van der Waals surface area contributed by atoms with Crippen LogP contribution in [-0.2, 0) is 16.1 Å². The molecule has 3 rings (SSSR count). The summed E-state index contributed by atoms with van der Waals surface area (Å²) in [5, 5.41) is 9.95. The molecule has 1 fully saturated rings. The van der Waals surface area contributed by atoms with Crippen molar-refractivity contribution in [2.45, 2.75) is 6.54 Å². The van der Waals surface area contributed by atoms with E-state index in [2.05, 4.69) is 0 Å². The fourth-order valence-electron chi connectivity index (χ4n) is 2.74. The Kier molecular flexibility index (Phi) is 6.66. The molecule has 8 heteroatoms. The number of anilines is 1. The van der Waals surface area contributed by atoms with Gasteiger partial charge in [-0.3, -0.25) is 4.79 Å². The monoisotopic (exact) mass is 404 g/mol. The maximum atomic E-state index is 12.6. The standard InChI is InChI=1S/C20H20N2O5.ClH/c1-21(2)12-14-10-13(4-9-17(14)23)11-18-19(24)22(20(25)27-18)15-5-7-16(26-3)8-6-15;/h4-11,23H,12H2,1-3H3;1H. The summed E-state index contributed by atoms with van der Waals surface area (Å²) in [7, 11) is 5.31. The van der Waals surface area contributed by atoms with Crippen LogP contribution in [0.3, 0.4) is 0 Å². The van der Waals surface area contributed by atoms with Crippen LogP contribution in [-0.4, -0.2) is 43.2 Å². The molecule has 0 saturated carbocycles. The van der Waals surface area contributed by atoms with Gasteiger partial charge < -0.3 is 19.5 Å². The highest BCUT2D eigenvalue weighted by atomic mass is 35.5. The molecule has 1 aliphatic rings. The van der Waals surface area contributed by atoms with Crippen molar-refractivity contribution in [2.75, 3.05) is 26.1 Å². The lowest BCUT2D eigenvalue weighted by molar-refractivity contribution is -0.114. The van der Waals surface area contributed by atoms with Crippen molar-refractivity contribution >= 4 is 36.2 Å². The number of ether oxygens (including phenoxy) is 2. The number of phenolic OH excluding ortho intramolecular Hbond substituents is 1. The molecule has 1 N–H and O–H groups in total. The number of hydrogen-bond acceptors (Lipinski definition) is 6. The van der Waals surface area contributed by atoms with Crippen molar-refractivity contribution in [3.05, 3.63) is 59.4 Å². The topological polar surface area (TPSA) is 79.3 Å². The molecule has 1 heterocycles. The van der Waals surface area contributed by atoms with Crippen molar-refractivity contribution in [3.63, 3.8) is 0 Å². The first kappa shape index (κ1) is 21.3. The van der Waals surface area contributed by atoms with Crippen LogP contribution in [0.25, 0.3) is 6.08 Å². The third-order valence-electron chi connectivity index (χ3n) is 4.01. The van der Waals surface area contributed by atoms with Gasteiger partial charge in [0.2, 0.25) is 0 Å². The largest absolute Gasteiger partial charge is 0.508 e. The van der Waals surface area contributed by atoms with E-state index >= 15 is 0 Å². The van der Waals surface area contributed by atoms with Gasteiger partial charge in [-0.1, -0.05) is 6.07 Å². The number of nitrogens with zero attached hydrogens (tertiary/aromatic N) is 2. The van der Waals surface area contributed by atoms with Crippen LogP contribution in [0.1, 0.15) is 11.1 Å². The van der Waals surface area contributed by atoms with Crippen LogP contribution in [0.5, 0.6) is 11.5 Å². The Morgan fingerprint density at radius 1 is 1.14 bits per heavy atom. The van der Waals surface area contributed by atoms with Gasteiger partial charge >= 0.3 is 12.0 Å². The average Bonchev–Trinajstić information content (AvgIpc) is 2.91. The first-order valence-electron chi connectivity index (χ1n) is 8.27. The van der Waals surface area contributed by atoms with E-state index < -0.39 is 12.0 Å². The Bertz CT molecular complexity index is 909. The minimum absolute atomic E-state index is 0. The molecule has 0 atom stereocenters. The first-order chi connectivity index (χ1) is 12.9. The molecule has 0 radical (unpaired) electrons.